The van der Waals surface area contributed by atoms with Gasteiger partial charge in [-0.05, 0) is 36.3 Å². The normalized spacial score (nSPS) is 21.7. The molecule has 0 radical (unpaired) electrons. The highest BCUT2D eigenvalue weighted by molar-refractivity contribution is 5.96. The van der Waals surface area contributed by atoms with Gasteiger partial charge in [-0.3, -0.25) is 9.59 Å². The van der Waals surface area contributed by atoms with E-state index in [1.807, 2.05) is 30.1 Å². The van der Waals surface area contributed by atoms with Crippen molar-refractivity contribution in [1.29, 1.82) is 0 Å². The molecule has 0 spiro atoms. The molecule has 4 nitrogen and oxygen atoms in total. The standard InChI is InChI=1S/C18H22N2O2/c1-12-7-3-6-10-16(12)20(2)18(22)15-11-13-8-4-5-9-14(13)17(21)19-15/h4-5,8-9,11-12,16H,3,6-7,10H2,1-2H3,(H,19,21)/t12-,16+/m1/s1. The molecular formula is C18H22N2O2. The topological polar surface area (TPSA) is 53.2 Å². The SMILES string of the molecule is C[C@@H]1CCCC[C@@H]1N(C)C(=O)c1cc2ccccc2c(=O)[nH]1. The van der Waals surface area contributed by atoms with Crippen LogP contribution in [0.1, 0.15) is 43.1 Å². The van der Waals surface area contributed by atoms with Crippen molar-refractivity contribution in [1.82, 2.24) is 9.88 Å². The number of hydrogen-bond donors (Lipinski definition) is 1. The fraction of sp³-hybridized carbons (Fsp3) is 0.444. The van der Waals surface area contributed by atoms with Crippen LogP contribution in [0, 0.1) is 5.92 Å². The van der Waals surface area contributed by atoms with Crippen molar-refractivity contribution in [3.8, 4) is 0 Å². The van der Waals surface area contributed by atoms with Crippen LogP contribution in [0.4, 0.5) is 0 Å². The zero-order valence-corrected chi connectivity index (χ0v) is 13.1. The van der Waals surface area contributed by atoms with E-state index in [4.69, 9.17) is 0 Å². The molecule has 1 aliphatic carbocycles. The number of nitrogens with zero attached hydrogens (tertiary/aromatic N) is 1. The Hall–Kier alpha value is -2.10. The third kappa shape index (κ3) is 2.65. The van der Waals surface area contributed by atoms with Crippen LogP contribution in [0.3, 0.4) is 0 Å². The number of carbonyl (C=O) groups excluding carboxylic acids is 1. The van der Waals surface area contributed by atoms with E-state index < -0.39 is 0 Å². The van der Waals surface area contributed by atoms with E-state index in [1.165, 1.54) is 12.8 Å². The molecule has 2 atom stereocenters. The van der Waals surface area contributed by atoms with Crippen molar-refractivity contribution in [3.05, 3.63) is 46.4 Å². The molecule has 3 rings (SSSR count). The summed E-state index contributed by atoms with van der Waals surface area (Å²) in [5.41, 5.74) is 0.176. The van der Waals surface area contributed by atoms with Crippen LogP contribution in [0.2, 0.25) is 0 Å². The van der Waals surface area contributed by atoms with Gasteiger partial charge in [0.15, 0.2) is 0 Å². The fourth-order valence-corrected chi connectivity index (χ4v) is 3.54. The van der Waals surface area contributed by atoms with Gasteiger partial charge in [0, 0.05) is 18.5 Å². The molecule has 0 unspecified atom stereocenters. The number of benzene rings is 1. The first-order valence-corrected chi connectivity index (χ1v) is 7.97. The predicted molar refractivity (Wildman–Crippen MR) is 88.1 cm³/mol. The first-order valence-electron chi connectivity index (χ1n) is 7.97. The fourth-order valence-electron chi connectivity index (χ4n) is 3.54. The molecule has 1 saturated carbocycles. The molecule has 4 heteroatoms. The average molecular weight is 298 g/mol. The van der Waals surface area contributed by atoms with Gasteiger partial charge >= 0.3 is 0 Å². The van der Waals surface area contributed by atoms with Crippen LogP contribution in [0.15, 0.2) is 35.1 Å². The molecule has 2 aromatic rings. The number of hydrogen-bond acceptors (Lipinski definition) is 2. The van der Waals surface area contributed by atoms with Gasteiger partial charge in [-0.1, -0.05) is 38.0 Å². The molecule has 22 heavy (non-hydrogen) atoms. The van der Waals surface area contributed by atoms with Crippen LogP contribution in [-0.2, 0) is 0 Å². The van der Waals surface area contributed by atoms with Gasteiger partial charge in [0.05, 0.1) is 0 Å². The zero-order valence-electron chi connectivity index (χ0n) is 13.1. The highest BCUT2D eigenvalue weighted by Crippen LogP contribution is 2.28. The van der Waals surface area contributed by atoms with Crippen molar-refractivity contribution in [3.63, 3.8) is 0 Å². The lowest BCUT2D eigenvalue weighted by Crippen LogP contribution is -2.43. The lowest BCUT2D eigenvalue weighted by molar-refractivity contribution is 0.0623. The quantitative estimate of drug-likeness (QED) is 0.925. The lowest BCUT2D eigenvalue weighted by atomic mass is 9.85. The summed E-state index contributed by atoms with van der Waals surface area (Å²) >= 11 is 0. The highest BCUT2D eigenvalue weighted by atomic mass is 16.2. The van der Waals surface area contributed by atoms with Gasteiger partial charge in [-0.25, -0.2) is 0 Å². The summed E-state index contributed by atoms with van der Waals surface area (Å²) in [6, 6.07) is 9.39. The minimum Gasteiger partial charge on any atom is -0.337 e. The smallest absolute Gasteiger partial charge is 0.270 e. The summed E-state index contributed by atoms with van der Waals surface area (Å²) in [7, 11) is 1.85. The lowest BCUT2D eigenvalue weighted by Gasteiger charge is -2.36. The molecule has 0 aliphatic heterocycles. The molecule has 1 aromatic heterocycles. The van der Waals surface area contributed by atoms with Gasteiger partial charge in [0.2, 0.25) is 0 Å². The molecule has 116 valence electrons. The van der Waals surface area contributed by atoms with Gasteiger partial charge in [0.25, 0.3) is 11.5 Å². The summed E-state index contributed by atoms with van der Waals surface area (Å²) in [4.78, 5) is 29.4. The van der Waals surface area contributed by atoms with Crippen molar-refractivity contribution in [2.24, 2.45) is 5.92 Å². The van der Waals surface area contributed by atoms with Crippen LogP contribution < -0.4 is 5.56 Å². The van der Waals surface area contributed by atoms with E-state index in [-0.39, 0.29) is 17.5 Å². The monoisotopic (exact) mass is 298 g/mol. The third-order valence-electron chi connectivity index (χ3n) is 4.87. The molecule has 0 bridgehead atoms. The number of carbonyl (C=O) groups is 1. The number of aromatic nitrogens is 1. The number of nitrogens with one attached hydrogen (secondary N) is 1. The second kappa shape index (κ2) is 5.95. The number of aromatic amines is 1. The summed E-state index contributed by atoms with van der Waals surface area (Å²) in [6.07, 6.45) is 4.62. The summed E-state index contributed by atoms with van der Waals surface area (Å²) in [5, 5.41) is 1.42. The molecule has 1 N–H and O–H groups in total. The van der Waals surface area contributed by atoms with Gasteiger partial charge in [0.1, 0.15) is 5.69 Å². The van der Waals surface area contributed by atoms with Gasteiger partial charge < -0.3 is 9.88 Å². The van der Waals surface area contributed by atoms with Crippen molar-refractivity contribution in [2.45, 2.75) is 38.6 Å². The van der Waals surface area contributed by atoms with Crippen LogP contribution in [0.5, 0.6) is 0 Å². The number of pyridine rings is 1. The van der Waals surface area contributed by atoms with E-state index >= 15 is 0 Å². The van der Waals surface area contributed by atoms with E-state index in [9.17, 15) is 9.59 Å². The first-order chi connectivity index (χ1) is 10.6. The van der Waals surface area contributed by atoms with Crippen molar-refractivity contribution < 1.29 is 4.79 Å². The van der Waals surface area contributed by atoms with Gasteiger partial charge in [-0.15, -0.1) is 0 Å². The van der Waals surface area contributed by atoms with E-state index in [0.29, 0.717) is 17.0 Å². The number of H-pyrrole nitrogens is 1. The molecule has 1 heterocycles. The minimum absolute atomic E-state index is 0.0957. The Balaban J connectivity index is 1.93. The molecular weight excluding hydrogens is 276 g/mol. The highest BCUT2D eigenvalue weighted by Gasteiger charge is 2.28. The van der Waals surface area contributed by atoms with Crippen molar-refractivity contribution >= 4 is 16.7 Å². The maximum Gasteiger partial charge on any atom is 0.270 e. The third-order valence-corrected chi connectivity index (χ3v) is 4.87. The molecule has 1 fully saturated rings. The largest absolute Gasteiger partial charge is 0.337 e. The summed E-state index contributed by atoms with van der Waals surface area (Å²) < 4.78 is 0. The number of amides is 1. The van der Waals surface area contributed by atoms with Crippen molar-refractivity contribution in [2.75, 3.05) is 7.05 Å². The second-order valence-electron chi connectivity index (χ2n) is 6.34. The maximum absolute atomic E-state index is 12.7. The average Bonchev–Trinajstić information content (AvgIpc) is 2.54. The van der Waals surface area contributed by atoms with E-state index in [2.05, 4.69) is 11.9 Å². The van der Waals surface area contributed by atoms with Crippen LogP contribution >= 0.6 is 0 Å². The number of rotatable bonds is 2. The maximum atomic E-state index is 12.7. The molecule has 1 aliphatic rings. The Morgan fingerprint density at radius 3 is 2.73 bits per heavy atom. The summed E-state index contributed by atoms with van der Waals surface area (Å²) in [5.74, 6) is 0.413. The Kier molecular flexibility index (Phi) is 4.01. The van der Waals surface area contributed by atoms with Crippen LogP contribution in [-0.4, -0.2) is 28.9 Å². The second-order valence-corrected chi connectivity index (χ2v) is 6.34. The zero-order chi connectivity index (χ0) is 15.7. The van der Waals surface area contributed by atoms with E-state index in [0.717, 1.165) is 18.2 Å². The molecule has 1 aromatic carbocycles. The predicted octanol–water partition coefficient (Wildman–Crippen LogP) is 3.18. The molecule has 0 saturated heterocycles. The van der Waals surface area contributed by atoms with Crippen LogP contribution in [0.25, 0.3) is 10.8 Å². The van der Waals surface area contributed by atoms with Gasteiger partial charge in [-0.2, -0.15) is 0 Å². The summed E-state index contributed by atoms with van der Waals surface area (Å²) in [6.45, 7) is 2.21. The minimum atomic E-state index is -0.202. The number of fused-ring (bicyclic) bond motifs is 1. The first kappa shape index (κ1) is 14.8. The molecule has 1 amide bonds. The Morgan fingerprint density at radius 1 is 1.23 bits per heavy atom. The van der Waals surface area contributed by atoms with E-state index in [1.54, 1.807) is 12.1 Å². The Morgan fingerprint density at radius 2 is 1.95 bits per heavy atom. The Bertz CT molecular complexity index is 750. The Labute approximate surface area is 130 Å².